The normalized spacial score (nSPS) is 31.2. The molecule has 0 spiro atoms. The van der Waals surface area contributed by atoms with Crippen molar-refractivity contribution in [3.8, 4) is 0 Å². The van der Waals surface area contributed by atoms with Crippen LogP contribution in [-0.2, 0) is 0 Å². The molecule has 0 aromatic heterocycles. The lowest BCUT2D eigenvalue weighted by Gasteiger charge is -2.40. The molecule has 0 aromatic carbocycles. The van der Waals surface area contributed by atoms with Crippen LogP contribution in [0.25, 0.3) is 0 Å². The summed E-state index contributed by atoms with van der Waals surface area (Å²) in [5, 5.41) is 0. The second-order valence-corrected chi connectivity index (χ2v) is 7.62. The van der Waals surface area contributed by atoms with Crippen LogP contribution in [0.2, 0.25) is 0 Å². The van der Waals surface area contributed by atoms with Crippen molar-refractivity contribution in [2.24, 2.45) is 23.2 Å². The van der Waals surface area contributed by atoms with Crippen LogP contribution in [0.5, 0.6) is 0 Å². The van der Waals surface area contributed by atoms with Crippen molar-refractivity contribution in [2.75, 3.05) is 0 Å². The van der Waals surface area contributed by atoms with Gasteiger partial charge in [-0.2, -0.15) is 0 Å². The molecule has 0 fully saturated rings. The van der Waals surface area contributed by atoms with Crippen LogP contribution < -0.4 is 0 Å². The van der Waals surface area contributed by atoms with Crippen molar-refractivity contribution in [1.29, 1.82) is 0 Å². The molecule has 3 unspecified atom stereocenters. The van der Waals surface area contributed by atoms with Crippen molar-refractivity contribution >= 4 is 0 Å². The van der Waals surface area contributed by atoms with Crippen molar-refractivity contribution in [3.63, 3.8) is 0 Å². The third kappa shape index (κ3) is 3.57. The molecule has 0 amide bonds. The molecule has 0 saturated carbocycles. The predicted octanol–water partition coefficient (Wildman–Crippen LogP) is 6.53. The van der Waals surface area contributed by atoms with E-state index in [0.717, 1.165) is 17.8 Å². The Labute approximate surface area is 126 Å². The van der Waals surface area contributed by atoms with Gasteiger partial charge in [-0.15, -0.1) is 0 Å². The molecule has 0 bridgehead atoms. The summed E-state index contributed by atoms with van der Waals surface area (Å²) in [4.78, 5) is 0. The highest BCUT2D eigenvalue weighted by Crippen LogP contribution is 2.45. The second kappa shape index (κ2) is 6.96. The van der Waals surface area contributed by atoms with Gasteiger partial charge in [-0.3, -0.25) is 0 Å². The van der Waals surface area contributed by atoms with Gasteiger partial charge in [0, 0.05) is 0 Å². The average molecular weight is 274 g/mol. The molecular formula is C20H34. The Hall–Kier alpha value is -0.520. The Balaban J connectivity index is 2.00. The molecule has 2 rings (SSSR count). The van der Waals surface area contributed by atoms with Gasteiger partial charge in [-0.25, -0.2) is 0 Å². The van der Waals surface area contributed by atoms with Crippen LogP contribution in [0.3, 0.4) is 0 Å². The minimum absolute atomic E-state index is 0.381. The quantitative estimate of drug-likeness (QED) is 0.500. The summed E-state index contributed by atoms with van der Waals surface area (Å²) < 4.78 is 0. The maximum Gasteiger partial charge on any atom is -0.00820 e. The van der Waals surface area contributed by atoms with E-state index in [2.05, 4.69) is 45.9 Å². The fraction of sp³-hybridized carbons (Fsp3) is 0.800. The Morgan fingerprint density at radius 1 is 1.10 bits per heavy atom. The zero-order valence-corrected chi connectivity index (χ0v) is 14.1. The van der Waals surface area contributed by atoms with E-state index in [9.17, 15) is 0 Å². The van der Waals surface area contributed by atoms with E-state index >= 15 is 0 Å². The first-order valence-electron chi connectivity index (χ1n) is 8.95. The Kier molecular flexibility index (Phi) is 5.52. The molecule has 3 atom stereocenters. The summed E-state index contributed by atoms with van der Waals surface area (Å²) in [5.74, 6) is 2.57. The predicted molar refractivity (Wildman–Crippen MR) is 89.8 cm³/mol. The number of allylic oxidation sites excluding steroid dienone is 4. The molecule has 0 heteroatoms. The van der Waals surface area contributed by atoms with E-state index in [0.29, 0.717) is 5.41 Å². The highest BCUT2D eigenvalue weighted by molar-refractivity contribution is 5.20. The van der Waals surface area contributed by atoms with Crippen molar-refractivity contribution in [2.45, 2.75) is 79.1 Å². The molecule has 0 saturated heterocycles. The van der Waals surface area contributed by atoms with Crippen LogP contribution in [0.4, 0.5) is 0 Å². The number of hydrogen-bond acceptors (Lipinski definition) is 0. The van der Waals surface area contributed by atoms with E-state index in [1.165, 1.54) is 51.4 Å². The Morgan fingerprint density at radius 2 is 1.90 bits per heavy atom. The molecule has 0 nitrogen and oxygen atoms in total. The lowest BCUT2D eigenvalue weighted by atomic mass is 9.65. The van der Waals surface area contributed by atoms with E-state index in [1.807, 2.05) is 0 Å². The first kappa shape index (κ1) is 15.9. The van der Waals surface area contributed by atoms with Crippen LogP contribution in [0, 0.1) is 23.2 Å². The van der Waals surface area contributed by atoms with Gasteiger partial charge < -0.3 is 0 Å². The molecule has 114 valence electrons. The van der Waals surface area contributed by atoms with E-state index in [-0.39, 0.29) is 0 Å². The van der Waals surface area contributed by atoms with Gasteiger partial charge in [0.25, 0.3) is 0 Å². The molecule has 2 aliphatic carbocycles. The third-order valence-corrected chi connectivity index (χ3v) is 5.97. The van der Waals surface area contributed by atoms with Crippen molar-refractivity contribution in [1.82, 2.24) is 0 Å². The van der Waals surface area contributed by atoms with Gasteiger partial charge in [0.1, 0.15) is 0 Å². The first-order chi connectivity index (χ1) is 9.57. The highest BCUT2D eigenvalue weighted by Gasteiger charge is 2.34. The minimum Gasteiger partial charge on any atom is -0.0851 e. The van der Waals surface area contributed by atoms with Gasteiger partial charge in [0.2, 0.25) is 0 Å². The molecule has 0 heterocycles. The molecule has 0 aromatic rings. The second-order valence-electron chi connectivity index (χ2n) is 7.62. The maximum absolute atomic E-state index is 2.59. The minimum atomic E-state index is 0.381. The fourth-order valence-corrected chi connectivity index (χ4v) is 4.17. The number of hydrogen-bond donors (Lipinski definition) is 0. The summed E-state index contributed by atoms with van der Waals surface area (Å²) in [6, 6.07) is 0. The van der Waals surface area contributed by atoms with Crippen LogP contribution in [-0.4, -0.2) is 0 Å². The lowest BCUT2D eigenvalue weighted by molar-refractivity contribution is 0.254. The molecule has 20 heavy (non-hydrogen) atoms. The topological polar surface area (TPSA) is 0 Å². The summed E-state index contributed by atoms with van der Waals surface area (Å²) in [5.41, 5.74) is 2.12. The van der Waals surface area contributed by atoms with Crippen LogP contribution >= 0.6 is 0 Å². The Morgan fingerprint density at radius 3 is 2.40 bits per heavy atom. The van der Waals surface area contributed by atoms with Crippen LogP contribution in [0.1, 0.15) is 79.1 Å². The Bertz CT molecular complexity index is 358. The zero-order chi connectivity index (χ0) is 14.6. The third-order valence-electron chi connectivity index (χ3n) is 5.97. The van der Waals surface area contributed by atoms with E-state index in [1.54, 1.807) is 5.57 Å². The zero-order valence-electron chi connectivity index (χ0n) is 14.1. The monoisotopic (exact) mass is 274 g/mol. The van der Waals surface area contributed by atoms with E-state index < -0.39 is 0 Å². The smallest absolute Gasteiger partial charge is 0.00820 e. The summed E-state index contributed by atoms with van der Waals surface area (Å²) in [7, 11) is 0. The van der Waals surface area contributed by atoms with E-state index in [4.69, 9.17) is 0 Å². The molecular weight excluding hydrogens is 240 g/mol. The van der Waals surface area contributed by atoms with Gasteiger partial charge in [-0.05, 0) is 61.7 Å². The van der Waals surface area contributed by atoms with Gasteiger partial charge >= 0.3 is 0 Å². The van der Waals surface area contributed by atoms with Crippen LogP contribution in [0.15, 0.2) is 23.8 Å². The largest absolute Gasteiger partial charge is 0.0851 e. The molecule has 2 aliphatic rings. The first-order valence-corrected chi connectivity index (χ1v) is 8.95. The summed E-state index contributed by atoms with van der Waals surface area (Å²) in [6.45, 7) is 9.62. The van der Waals surface area contributed by atoms with Gasteiger partial charge in [0.05, 0.1) is 0 Å². The SMILES string of the molecule is CCCC1C=CC(C(C)(C)C2=CCC(CC)CC2)CC1. The highest BCUT2D eigenvalue weighted by atomic mass is 14.4. The number of rotatable bonds is 5. The molecule has 0 N–H and O–H groups in total. The van der Waals surface area contributed by atoms with Crippen molar-refractivity contribution < 1.29 is 0 Å². The molecule has 0 radical (unpaired) electrons. The van der Waals surface area contributed by atoms with Gasteiger partial charge in [0.15, 0.2) is 0 Å². The summed E-state index contributed by atoms with van der Waals surface area (Å²) in [6.07, 6.45) is 18.6. The fourth-order valence-electron chi connectivity index (χ4n) is 4.17. The molecule has 0 aliphatic heterocycles. The van der Waals surface area contributed by atoms with Gasteiger partial charge in [-0.1, -0.05) is 64.3 Å². The van der Waals surface area contributed by atoms with Crippen molar-refractivity contribution in [3.05, 3.63) is 23.8 Å². The maximum atomic E-state index is 2.59. The average Bonchev–Trinajstić information content (AvgIpc) is 2.48. The lowest BCUT2D eigenvalue weighted by Crippen LogP contribution is -2.29. The standard InChI is InChI=1S/C20H34/c1-5-7-17-10-14-19(15-11-17)20(3,4)18-12-8-16(6-2)9-13-18/h10,12,14,16-17,19H,5-9,11,13,15H2,1-4H3. The summed E-state index contributed by atoms with van der Waals surface area (Å²) >= 11 is 0.